The molecule has 6 heterocycles. The third-order valence-electron chi connectivity index (χ3n) is 12.9. The number of hydrogen-bond acceptors (Lipinski definition) is 14. The van der Waals surface area contributed by atoms with E-state index in [4.69, 9.17) is 27.2 Å². The zero-order chi connectivity index (χ0) is 65.5. The van der Waals surface area contributed by atoms with Crippen molar-refractivity contribution in [3.8, 4) is 22.9 Å². The van der Waals surface area contributed by atoms with Crippen molar-refractivity contribution in [3.63, 3.8) is 0 Å². The number of nitrogens with one attached hydrogen (secondary N) is 3. The number of fused-ring (bicyclic) bond motifs is 4. The van der Waals surface area contributed by atoms with Crippen LogP contribution in [0.3, 0.4) is 0 Å². The summed E-state index contributed by atoms with van der Waals surface area (Å²) in [7, 11) is 0. The number of hydrogen-bond donors (Lipinski definition) is 5. The first-order valence-electron chi connectivity index (χ1n) is 28.2. The Hall–Kier alpha value is -8.59. The number of anilines is 1. The zero-order valence-electron chi connectivity index (χ0n) is 50.5. The molecule has 0 saturated carbocycles. The van der Waals surface area contributed by atoms with Crippen LogP contribution in [-0.4, -0.2) is 109 Å². The highest BCUT2D eigenvalue weighted by Crippen LogP contribution is 2.30. The minimum Gasteiger partial charge on any atom is -0.484 e. The van der Waals surface area contributed by atoms with Gasteiger partial charge in [-0.1, -0.05) is 44.5 Å². The smallest absolute Gasteiger partial charge is 0.422 e. The van der Waals surface area contributed by atoms with Crippen molar-refractivity contribution in [1.82, 2.24) is 53.9 Å². The lowest BCUT2D eigenvalue weighted by atomic mass is 10.1. The summed E-state index contributed by atoms with van der Waals surface area (Å²) < 4.78 is 115. The van der Waals surface area contributed by atoms with E-state index in [0.29, 0.717) is 47.2 Å². The molecule has 0 radical (unpaired) electrons. The van der Waals surface area contributed by atoms with Crippen molar-refractivity contribution in [3.05, 3.63) is 171 Å². The molecule has 476 valence electrons. The summed E-state index contributed by atoms with van der Waals surface area (Å²) in [5.41, 5.74) is 6.62. The second-order valence-corrected chi connectivity index (χ2v) is 21.8. The molecule has 27 heteroatoms. The fraction of sp³-hybridized carbons (Fsp3) is 0.355. The summed E-state index contributed by atoms with van der Waals surface area (Å²) in [6, 6.07) is 23.0. The molecule has 89 heavy (non-hydrogen) atoms. The van der Waals surface area contributed by atoms with Crippen LogP contribution in [0.15, 0.2) is 132 Å². The highest BCUT2D eigenvalue weighted by atomic mass is 35.5. The van der Waals surface area contributed by atoms with Crippen LogP contribution in [0.1, 0.15) is 106 Å². The molecule has 6 aromatic heterocycles. The van der Waals surface area contributed by atoms with Crippen molar-refractivity contribution in [2.75, 3.05) is 25.1 Å². The molecule has 0 saturated heterocycles. The van der Waals surface area contributed by atoms with Crippen molar-refractivity contribution < 1.29 is 49.7 Å². The molecule has 10 aromatic rings. The molecule has 6 N–H and O–H groups in total. The van der Waals surface area contributed by atoms with Crippen LogP contribution in [0, 0.1) is 11.6 Å². The number of aromatic nitrogens is 10. The average Bonchev–Trinajstić information content (AvgIpc) is 1.36. The third-order valence-corrected chi connectivity index (χ3v) is 13.2. The molecule has 0 aliphatic heterocycles. The predicted molar refractivity (Wildman–Crippen MR) is 329 cm³/mol. The molecule has 0 amide bonds. The number of rotatable bonds is 15. The quantitative estimate of drug-likeness (QED) is 0.0475. The van der Waals surface area contributed by atoms with Crippen LogP contribution < -0.4 is 31.6 Å². The van der Waals surface area contributed by atoms with Gasteiger partial charge in [0.05, 0.1) is 50.9 Å². The van der Waals surface area contributed by atoms with Crippen LogP contribution in [0.25, 0.3) is 55.2 Å². The van der Waals surface area contributed by atoms with Gasteiger partial charge in [0.15, 0.2) is 13.2 Å². The maximum Gasteiger partial charge on any atom is 0.422 e. The summed E-state index contributed by atoms with van der Waals surface area (Å²) in [4.78, 5) is 60.2. The molecular formula is C62H70ClF8N13O5. The van der Waals surface area contributed by atoms with Gasteiger partial charge < -0.3 is 35.6 Å². The highest BCUT2D eigenvalue weighted by Gasteiger charge is 2.30. The SMILES string of the molecule is CC(C)(C)O.CCN(C(C)C)C(C)C.CC[C@H](N)c1nc2cccc(F)c2c(=O)n1-c1ccc(OCC(F)(F)F)cc1.CC[C@H](Nc1ncnc2[nH]ccc12)c1nc2cccc(F)c2c(=O)n1-c1ccc(OCC(F)(F)F)cc1.Clc1ncnc2[nH]ccc12. The Labute approximate surface area is 512 Å². The van der Waals surface area contributed by atoms with Gasteiger partial charge in [0.1, 0.15) is 80.5 Å². The van der Waals surface area contributed by atoms with Crippen LogP contribution in [-0.2, 0) is 0 Å². The van der Waals surface area contributed by atoms with Crippen molar-refractivity contribution in [2.45, 2.75) is 124 Å². The van der Waals surface area contributed by atoms with Gasteiger partial charge in [0, 0.05) is 24.5 Å². The van der Waals surface area contributed by atoms with Crippen molar-refractivity contribution in [1.29, 1.82) is 0 Å². The van der Waals surface area contributed by atoms with E-state index in [1.54, 1.807) is 45.3 Å². The van der Waals surface area contributed by atoms with Gasteiger partial charge in [-0.05, 0) is 153 Å². The number of aromatic amines is 2. The Bertz CT molecular complexity index is 4020. The first-order chi connectivity index (χ1) is 41.9. The van der Waals surface area contributed by atoms with E-state index in [1.165, 1.54) is 94.6 Å². The van der Waals surface area contributed by atoms with Crippen LogP contribution in [0.5, 0.6) is 11.5 Å². The zero-order valence-corrected chi connectivity index (χ0v) is 51.2. The number of ether oxygens (including phenoxy) is 2. The van der Waals surface area contributed by atoms with Gasteiger partial charge in [-0.2, -0.15) is 26.3 Å². The van der Waals surface area contributed by atoms with Crippen LogP contribution in [0.4, 0.5) is 40.9 Å². The molecule has 0 unspecified atom stereocenters. The maximum atomic E-state index is 14.7. The summed E-state index contributed by atoms with van der Waals surface area (Å²) in [6.45, 7) is 18.4. The Morgan fingerprint density at radius 3 is 1.46 bits per heavy atom. The fourth-order valence-corrected chi connectivity index (χ4v) is 9.16. The Balaban J connectivity index is 0.000000210. The van der Waals surface area contributed by atoms with Gasteiger partial charge in [0.2, 0.25) is 0 Å². The van der Waals surface area contributed by atoms with E-state index in [9.17, 15) is 44.7 Å². The number of alkyl halides is 6. The Kier molecular flexibility index (Phi) is 23.9. The number of nitrogens with two attached hydrogens (primary N) is 1. The maximum absolute atomic E-state index is 14.7. The van der Waals surface area contributed by atoms with Gasteiger partial charge in [-0.15, -0.1) is 0 Å². The Morgan fingerprint density at radius 2 is 1.06 bits per heavy atom. The molecule has 0 fully saturated rings. The normalized spacial score (nSPS) is 12.4. The molecule has 0 spiro atoms. The van der Waals surface area contributed by atoms with E-state index in [-0.39, 0.29) is 50.6 Å². The summed E-state index contributed by atoms with van der Waals surface area (Å²) in [5.74, 6) is -0.482. The Morgan fingerprint density at radius 1 is 0.629 bits per heavy atom. The van der Waals surface area contributed by atoms with Gasteiger partial charge in [0.25, 0.3) is 11.1 Å². The first-order valence-corrected chi connectivity index (χ1v) is 28.5. The lowest BCUT2D eigenvalue weighted by molar-refractivity contribution is -0.154. The third kappa shape index (κ3) is 19.2. The standard InChI is InChI=1S/C25H20F4N6O2.C19H17F4N3O2.C8H19N.C6H4ClN3.C4H10O/c1-2-18(33-22-16-10-11-30-21(16)31-13-32-22)23-34-19-5-3-4-17(26)20(19)24(36)35(23)14-6-8-15(9-7-14)37-12-25(27,28)29;1-2-14(24)17-25-15-5-3-4-13(20)16(15)18(27)26(17)11-6-8-12(9-7-11)28-10-19(21,22)23;1-6-9(7(2)3)8(4)5;7-5-4-1-2-8-6(4)10-3-9-5;1-4(2,3)5/h3-11,13,18H,2,12H2,1H3,(H2,30,31,32,33);3-9,14H,2,10,24H2,1H3;7-8H,6H2,1-5H3;1-3H,(H,8,9,10);5H,1-3H3/t18-;14-;;;/m00.../s1. The summed E-state index contributed by atoms with van der Waals surface area (Å²) in [6.07, 6.45) is -1.68. The summed E-state index contributed by atoms with van der Waals surface area (Å²) >= 11 is 5.73. The molecule has 4 aromatic carbocycles. The van der Waals surface area contributed by atoms with E-state index < -0.39 is 66.0 Å². The number of nitrogens with zero attached hydrogens (tertiary/aromatic N) is 9. The fourth-order valence-electron chi connectivity index (χ4n) is 8.96. The van der Waals surface area contributed by atoms with Crippen LogP contribution >= 0.6 is 11.6 Å². The second-order valence-electron chi connectivity index (χ2n) is 21.5. The lowest BCUT2D eigenvalue weighted by Gasteiger charge is -2.28. The van der Waals surface area contributed by atoms with Crippen molar-refractivity contribution in [2.24, 2.45) is 5.73 Å². The first kappa shape index (κ1) is 69.5. The predicted octanol–water partition coefficient (Wildman–Crippen LogP) is 13.7. The largest absolute Gasteiger partial charge is 0.484 e. The van der Waals surface area contributed by atoms with Crippen molar-refractivity contribution >= 4 is 61.3 Å². The molecular weight excluding hydrogens is 1190 g/mol. The topological polar surface area (TPSA) is 233 Å². The van der Waals surface area contributed by atoms with E-state index in [1.807, 2.05) is 19.9 Å². The van der Waals surface area contributed by atoms with E-state index in [2.05, 4.69) is 89.4 Å². The van der Waals surface area contributed by atoms with E-state index in [0.717, 1.165) is 29.0 Å². The molecule has 18 nitrogen and oxygen atoms in total. The van der Waals surface area contributed by atoms with Crippen LogP contribution in [0.2, 0.25) is 5.15 Å². The average molecular weight is 1260 g/mol. The molecule has 2 atom stereocenters. The summed E-state index contributed by atoms with van der Waals surface area (Å²) in [5, 5.41) is 13.5. The minimum absolute atomic E-state index is 0.0182. The molecule has 0 aliphatic rings. The second kappa shape index (κ2) is 30.6. The van der Waals surface area contributed by atoms with Gasteiger partial charge in [-0.3, -0.25) is 23.6 Å². The molecule has 0 aliphatic carbocycles. The van der Waals surface area contributed by atoms with E-state index >= 15 is 0 Å². The number of halogens is 9. The molecule has 10 rings (SSSR count). The highest BCUT2D eigenvalue weighted by molar-refractivity contribution is 6.33. The van der Waals surface area contributed by atoms with Gasteiger partial charge >= 0.3 is 12.4 Å². The lowest BCUT2D eigenvalue weighted by Crippen LogP contribution is -2.36. The minimum atomic E-state index is -4.49. The monoisotopic (exact) mass is 1260 g/mol. The molecule has 0 bridgehead atoms. The number of H-pyrrole nitrogens is 2. The number of aliphatic hydroxyl groups is 1. The number of benzene rings is 4. The van der Waals surface area contributed by atoms with Gasteiger partial charge in [-0.25, -0.2) is 38.7 Å².